The van der Waals surface area contributed by atoms with Gasteiger partial charge in [-0.3, -0.25) is 9.59 Å². The van der Waals surface area contributed by atoms with Gasteiger partial charge in [-0.25, -0.2) is 0 Å². The van der Waals surface area contributed by atoms with Crippen molar-refractivity contribution in [1.82, 2.24) is 10.6 Å². The number of carbonyl (C=O) groups is 2. The summed E-state index contributed by atoms with van der Waals surface area (Å²) in [6, 6.07) is 16.3. The van der Waals surface area contributed by atoms with Crippen LogP contribution in [0.15, 0.2) is 64.8 Å². The maximum atomic E-state index is 12.3. The van der Waals surface area contributed by atoms with E-state index in [1.54, 1.807) is 30.3 Å². The molecule has 5 heteroatoms. The predicted molar refractivity (Wildman–Crippen MR) is 94.7 cm³/mol. The SMILES string of the molecule is CCNC(=O)/C(=C\c1ccc(Br)cc1)NC(=O)c1ccccc1. The van der Waals surface area contributed by atoms with Crippen molar-refractivity contribution < 1.29 is 9.59 Å². The fourth-order valence-electron chi connectivity index (χ4n) is 1.92. The maximum absolute atomic E-state index is 12.3. The Bertz CT molecular complexity index is 710. The molecule has 0 fully saturated rings. The lowest BCUT2D eigenvalue weighted by atomic mass is 10.1. The van der Waals surface area contributed by atoms with Crippen LogP contribution < -0.4 is 10.6 Å². The van der Waals surface area contributed by atoms with Crippen molar-refractivity contribution in [3.63, 3.8) is 0 Å². The third-order valence-electron chi connectivity index (χ3n) is 3.05. The van der Waals surface area contributed by atoms with Crippen molar-refractivity contribution in [3.05, 3.63) is 75.9 Å². The number of likely N-dealkylation sites (N-methyl/N-ethyl adjacent to an activating group) is 1. The summed E-state index contributed by atoms with van der Waals surface area (Å²) in [4.78, 5) is 24.4. The Balaban J connectivity index is 2.25. The highest BCUT2D eigenvalue weighted by Crippen LogP contribution is 2.13. The fourth-order valence-corrected chi connectivity index (χ4v) is 2.19. The summed E-state index contributed by atoms with van der Waals surface area (Å²) in [6.45, 7) is 2.31. The molecule has 0 aromatic heterocycles. The molecule has 0 saturated heterocycles. The van der Waals surface area contributed by atoms with Crippen LogP contribution in [0.1, 0.15) is 22.8 Å². The van der Waals surface area contributed by atoms with Crippen LogP contribution in [0, 0.1) is 0 Å². The number of hydrogen-bond acceptors (Lipinski definition) is 2. The van der Waals surface area contributed by atoms with Crippen molar-refractivity contribution in [1.29, 1.82) is 0 Å². The van der Waals surface area contributed by atoms with E-state index in [0.717, 1.165) is 10.0 Å². The molecule has 4 nitrogen and oxygen atoms in total. The average molecular weight is 373 g/mol. The molecule has 0 radical (unpaired) electrons. The third-order valence-corrected chi connectivity index (χ3v) is 3.58. The van der Waals surface area contributed by atoms with E-state index < -0.39 is 0 Å². The zero-order chi connectivity index (χ0) is 16.7. The number of rotatable bonds is 5. The first-order valence-electron chi connectivity index (χ1n) is 7.22. The zero-order valence-corrected chi connectivity index (χ0v) is 14.3. The second-order valence-electron chi connectivity index (χ2n) is 4.79. The molecular formula is C18H17BrN2O2. The molecule has 2 N–H and O–H groups in total. The molecular weight excluding hydrogens is 356 g/mol. The summed E-state index contributed by atoms with van der Waals surface area (Å²) in [5.74, 6) is -0.639. The Hall–Kier alpha value is -2.40. The first-order valence-corrected chi connectivity index (χ1v) is 8.01. The largest absolute Gasteiger partial charge is 0.351 e. The lowest BCUT2D eigenvalue weighted by molar-refractivity contribution is -0.117. The van der Waals surface area contributed by atoms with Gasteiger partial charge in [0.1, 0.15) is 5.70 Å². The van der Waals surface area contributed by atoms with Gasteiger partial charge in [-0.2, -0.15) is 0 Å². The van der Waals surface area contributed by atoms with E-state index in [9.17, 15) is 9.59 Å². The highest BCUT2D eigenvalue weighted by molar-refractivity contribution is 9.10. The maximum Gasteiger partial charge on any atom is 0.267 e. The van der Waals surface area contributed by atoms with Gasteiger partial charge in [0.25, 0.3) is 11.8 Å². The topological polar surface area (TPSA) is 58.2 Å². The van der Waals surface area contributed by atoms with Gasteiger partial charge in [0.15, 0.2) is 0 Å². The van der Waals surface area contributed by atoms with Crippen LogP contribution in [0.4, 0.5) is 0 Å². The second-order valence-corrected chi connectivity index (χ2v) is 5.70. The van der Waals surface area contributed by atoms with Gasteiger partial charge >= 0.3 is 0 Å². The molecule has 2 aromatic rings. The average Bonchev–Trinajstić information content (AvgIpc) is 2.57. The lowest BCUT2D eigenvalue weighted by Crippen LogP contribution is -2.34. The highest BCUT2D eigenvalue weighted by atomic mass is 79.9. The Morgan fingerprint density at radius 2 is 1.70 bits per heavy atom. The summed E-state index contributed by atoms with van der Waals surface area (Å²) >= 11 is 3.37. The predicted octanol–water partition coefficient (Wildman–Crippen LogP) is 3.36. The van der Waals surface area contributed by atoms with Crippen LogP contribution in [0.3, 0.4) is 0 Å². The van der Waals surface area contributed by atoms with Crippen molar-refractivity contribution in [3.8, 4) is 0 Å². The molecule has 0 aliphatic carbocycles. The summed E-state index contributed by atoms with van der Waals surface area (Å²) in [7, 11) is 0. The summed E-state index contributed by atoms with van der Waals surface area (Å²) in [5.41, 5.74) is 1.53. The second kappa shape index (κ2) is 8.29. The molecule has 0 atom stereocenters. The quantitative estimate of drug-likeness (QED) is 0.790. The van der Waals surface area contributed by atoms with E-state index in [1.807, 2.05) is 37.3 Å². The van der Waals surface area contributed by atoms with Gasteiger partial charge in [0.05, 0.1) is 0 Å². The molecule has 2 amide bonds. The van der Waals surface area contributed by atoms with Crippen LogP contribution in [0.25, 0.3) is 6.08 Å². The summed E-state index contributed by atoms with van der Waals surface area (Å²) in [5, 5.41) is 5.38. The minimum Gasteiger partial charge on any atom is -0.351 e. The van der Waals surface area contributed by atoms with Crippen molar-refractivity contribution in [2.24, 2.45) is 0 Å². The van der Waals surface area contributed by atoms with Crippen molar-refractivity contribution >= 4 is 33.8 Å². The molecule has 2 aromatic carbocycles. The molecule has 0 spiro atoms. The van der Waals surface area contributed by atoms with Gasteiger partial charge in [-0.05, 0) is 42.8 Å². The molecule has 118 valence electrons. The zero-order valence-electron chi connectivity index (χ0n) is 12.7. The Labute approximate surface area is 143 Å². The normalized spacial score (nSPS) is 11.0. The minimum absolute atomic E-state index is 0.211. The van der Waals surface area contributed by atoms with E-state index >= 15 is 0 Å². The summed E-state index contributed by atoms with van der Waals surface area (Å²) < 4.78 is 0.947. The first kappa shape index (κ1) is 17.0. The Kier molecular flexibility index (Phi) is 6.11. The molecule has 0 bridgehead atoms. The molecule has 0 aliphatic heterocycles. The number of amides is 2. The van der Waals surface area contributed by atoms with Crippen LogP contribution in [-0.2, 0) is 4.79 Å². The first-order chi connectivity index (χ1) is 11.1. The Morgan fingerprint density at radius 3 is 2.30 bits per heavy atom. The molecule has 23 heavy (non-hydrogen) atoms. The van der Waals surface area contributed by atoms with Crippen LogP contribution in [-0.4, -0.2) is 18.4 Å². The molecule has 2 rings (SSSR count). The van der Waals surface area contributed by atoms with E-state index in [0.29, 0.717) is 12.1 Å². The van der Waals surface area contributed by atoms with E-state index in [1.165, 1.54) is 0 Å². The molecule has 0 heterocycles. The van der Waals surface area contributed by atoms with Crippen LogP contribution >= 0.6 is 15.9 Å². The van der Waals surface area contributed by atoms with Crippen molar-refractivity contribution in [2.75, 3.05) is 6.54 Å². The van der Waals surface area contributed by atoms with Gasteiger partial charge in [0.2, 0.25) is 0 Å². The minimum atomic E-state index is -0.320. The van der Waals surface area contributed by atoms with E-state index in [4.69, 9.17) is 0 Å². The van der Waals surface area contributed by atoms with Crippen LogP contribution in [0.2, 0.25) is 0 Å². The number of hydrogen-bond donors (Lipinski definition) is 2. The van der Waals surface area contributed by atoms with Gasteiger partial charge < -0.3 is 10.6 Å². The summed E-state index contributed by atoms with van der Waals surface area (Å²) in [6.07, 6.45) is 1.65. The lowest BCUT2D eigenvalue weighted by Gasteiger charge is -2.10. The number of carbonyl (C=O) groups excluding carboxylic acids is 2. The number of nitrogens with one attached hydrogen (secondary N) is 2. The molecule has 0 saturated carbocycles. The van der Waals surface area contributed by atoms with E-state index in [2.05, 4.69) is 26.6 Å². The van der Waals surface area contributed by atoms with Crippen LogP contribution in [0.5, 0.6) is 0 Å². The Morgan fingerprint density at radius 1 is 1.04 bits per heavy atom. The third kappa shape index (κ3) is 5.07. The number of halogens is 1. The molecule has 0 unspecified atom stereocenters. The van der Waals surface area contributed by atoms with Gasteiger partial charge in [0, 0.05) is 16.6 Å². The van der Waals surface area contributed by atoms with E-state index in [-0.39, 0.29) is 17.5 Å². The highest BCUT2D eigenvalue weighted by Gasteiger charge is 2.13. The fraction of sp³-hybridized carbons (Fsp3) is 0.111. The molecule has 0 aliphatic rings. The standard InChI is InChI=1S/C18H17BrN2O2/c1-2-20-18(23)16(12-13-8-10-15(19)11-9-13)21-17(22)14-6-4-3-5-7-14/h3-12H,2H2,1H3,(H,20,23)(H,21,22)/b16-12+. The monoisotopic (exact) mass is 372 g/mol. The smallest absolute Gasteiger partial charge is 0.267 e. The van der Waals surface area contributed by atoms with Gasteiger partial charge in [-0.1, -0.05) is 46.3 Å². The van der Waals surface area contributed by atoms with Crippen molar-refractivity contribution in [2.45, 2.75) is 6.92 Å². The van der Waals surface area contributed by atoms with Gasteiger partial charge in [-0.15, -0.1) is 0 Å². The number of benzene rings is 2.